The van der Waals surface area contributed by atoms with Crippen LogP contribution < -0.4 is 20.3 Å². The molecule has 0 saturated carbocycles. The second-order valence-corrected chi connectivity index (χ2v) is 7.88. The first-order valence-corrected chi connectivity index (χ1v) is 11.2. The van der Waals surface area contributed by atoms with Crippen molar-refractivity contribution in [1.29, 1.82) is 0 Å². The number of aromatic nitrogens is 3. The molecule has 0 aliphatic carbocycles. The number of aromatic amines is 1. The van der Waals surface area contributed by atoms with Gasteiger partial charge in [-0.1, -0.05) is 42.5 Å². The first kappa shape index (κ1) is 23.7. The van der Waals surface area contributed by atoms with E-state index < -0.39 is 0 Å². The number of carbonyl (C=O) groups excluding carboxylic acids is 1. The summed E-state index contributed by atoms with van der Waals surface area (Å²) >= 11 is 0. The molecule has 0 atom stereocenters. The van der Waals surface area contributed by atoms with Crippen LogP contribution in [0, 0.1) is 0 Å². The average molecular weight is 471 g/mol. The van der Waals surface area contributed by atoms with Gasteiger partial charge in [0.25, 0.3) is 5.56 Å². The molecule has 8 nitrogen and oxygen atoms in total. The van der Waals surface area contributed by atoms with Gasteiger partial charge in [0.05, 0.1) is 7.11 Å². The summed E-state index contributed by atoms with van der Waals surface area (Å²) in [4.78, 5) is 27.3. The van der Waals surface area contributed by atoms with Crippen molar-refractivity contribution >= 4 is 5.91 Å². The standard InChI is InChI=1S/C27H26N4O4/c1-34-23-9-5-8-20(16-23)18-35-22-12-10-21(11-13-22)26-29-27(33)24(30-31-26)14-15-25(32)28-17-19-6-3-2-4-7-19/h2-13,16H,14-15,17-18H2,1H3,(H,28,32)(H,29,31,33). The number of amides is 1. The number of nitrogens with one attached hydrogen (secondary N) is 2. The number of hydrogen-bond acceptors (Lipinski definition) is 6. The zero-order valence-corrected chi connectivity index (χ0v) is 19.4. The molecule has 1 heterocycles. The van der Waals surface area contributed by atoms with E-state index in [-0.39, 0.29) is 30.0 Å². The molecule has 3 aromatic carbocycles. The number of ether oxygens (including phenoxy) is 2. The largest absolute Gasteiger partial charge is 0.497 e. The van der Waals surface area contributed by atoms with Crippen LogP contribution in [0.3, 0.4) is 0 Å². The summed E-state index contributed by atoms with van der Waals surface area (Å²) in [5, 5.41) is 11.0. The van der Waals surface area contributed by atoms with Gasteiger partial charge >= 0.3 is 0 Å². The zero-order chi connectivity index (χ0) is 24.5. The molecule has 1 aromatic heterocycles. The topological polar surface area (TPSA) is 106 Å². The molecule has 2 N–H and O–H groups in total. The maximum Gasteiger partial charge on any atom is 0.273 e. The van der Waals surface area contributed by atoms with Crippen molar-refractivity contribution in [2.75, 3.05) is 7.11 Å². The van der Waals surface area contributed by atoms with E-state index in [1.807, 2.05) is 54.6 Å². The second kappa shape index (κ2) is 11.6. The molecule has 1 amide bonds. The SMILES string of the molecule is COc1cccc(COc2ccc(-c3nnc(CCC(=O)NCc4ccccc4)c(=O)[nH]3)cc2)c1. The summed E-state index contributed by atoms with van der Waals surface area (Å²) in [6.45, 7) is 0.848. The van der Waals surface area contributed by atoms with Crippen LogP contribution in [0.2, 0.25) is 0 Å². The van der Waals surface area contributed by atoms with Crippen molar-refractivity contribution in [3.05, 3.63) is 106 Å². The number of hydrogen-bond donors (Lipinski definition) is 2. The van der Waals surface area contributed by atoms with Crippen LogP contribution in [0.4, 0.5) is 0 Å². The molecular weight excluding hydrogens is 444 g/mol. The molecule has 0 aliphatic heterocycles. The van der Waals surface area contributed by atoms with Crippen molar-refractivity contribution in [3.8, 4) is 22.9 Å². The van der Waals surface area contributed by atoms with E-state index in [9.17, 15) is 9.59 Å². The van der Waals surface area contributed by atoms with Gasteiger partial charge < -0.3 is 19.8 Å². The Labute approximate surface area is 203 Å². The minimum Gasteiger partial charge on any atom is -0.497 e. The van der Waals surface area contributed by atoms with Gasteiger partial charge in [-0.25, -0.2) is 0 Å². The van der Waals surface area contributed by atoms with Crippen molar-refractivity contribution < 1.29 is 14.3 Å². The van der Waals surface area contributed by atoms with Crippen LogP contribution >= 0.6 is 0 Å². The lowest BCUT2D eigenvalue weighted by atomic mass is 10.2. The van der Waals surface area contributed by atoms with Gasteiger partial charge in [0.15, 0.2) is 5.82 Å². The lowest BCUT2D eigenvalue weighted by molar-refractivity contribution is -0.121. The van der Waals surface area contributed by atoms with Crippen molar-refractivity contribution in [2.24, 2.45) is 0 Å². The highest BCUT2D eigenvalue weighted by atomic mass is 16.5. The van der Waals surface area contributed by atoms with Gasteiger partial charge in [0.1, 0.15) is 23.8 Å². The van der Waals surface area contributed by atoms with E-state index >= 15 is 0 Å². The summed E-state index contributed by atoms with van der Waals surface area (Å²) < 4.78 is 11.1. The summed E-state index contributed by atoms with van der Waals surface area (Å²) in [6.07, 6.45) is 0.365. The molecule has 0 spiro atoms. The number of H-pyrrole nitrogens is 1. The third-order valence-corrected chi connectivity index (χ3v) is 5.35. The smallest absolute Gasteiger partial charge is 0.273 e. The van der Waals surface area contributed by atoms with Crippen molar-refractivity contribution in [2.45, 2.75) is 26.0 Å². The zero-order valence-electron chi connectivity index (χ0n) is 19.4. The van der Waals surface area contributed by atoms with Crippen LogP contribution in [0.5, 0.6) is 11.5 Å². The fourth-order valence-corrected chi connectivity index (χ4v) is 3.41. The lowest BCUT2D eigenvalue weighted by Gasteiger charge is -2.08. The Kier molecular flexibility index (Phi) is 7.85. The molecule has 0 unspecified atom stereocenters. The highest BCUT2D eigenvalue weighted by molar-refractivity contribution is 5.76. The van der Waals surface area contributed by atoms with E-state index in [1.165, 1.54) is 0 Å². The van der Waals surface area contributed by atoms with Crippen molar-refractivity contribution in [1.82, 2.24) is 20.5 Å². The van der Waals surface area contributed by atoms with E-state index in [1.54, 1.807) is 31.4 Å². The Morgan fingerprint density at radius 2 is 1.69 bits per heavy atom. The average Bonchev–Trinajstić information content (AvgIpc) is 2.91. The predicted molar refractivity (Wildman–Crippen MR) is 132 cm³/mol. The third kappa shape index (κ3) is 6.77. The quantitative estimate of drug-likeness (QED) is 0.366. The normalized spacial score (nSPS) is 10.5. The first-order chi connectivity index (χ1) is 17.1. The first-order valence-electron chi connectivity index (χ1n) is 11.2. The summed E-state index contributed by atoms with van der Waals surface area (Å²) in [5.41, 5.74) is 2.58. The van der Waals surface area contributed by atoms with Crippen molar-refractivity contribution in [3.63, 3.8) is 0 Å². The Morgan fingerprint density at radius 3 is 2.43 bits per heavy atom. The lowest BCUT2D eigenvalue weighted by Crippen LogP contribution is -2.25. The molecule has 35 heavy (non-hydrogen) atoms. The summed E-state index contributed by atoms with van der Waals surface area (Å²) in [7, 11) is 1.63. The van der Waals surface area contributed by atoms with Crippen LogP contribution in [0.25, 0.3) is 11.4 Å². The monoisotopic (exact) mass is 470 g/mol. The summed E-state index contributed by atoms with van der Waals surface area (Å²) in [5.74, 6) is 1.67. The number of nitrogens with zero attached hydrogens (tertiary/aromatic N) is 2. The molecule has 0 saturated heterocycles. The molecule has 0 radical (unpaired) electrons. The minimum absolute atomic E-state index is 0.149. The van der Waals surface area contributed by atoms with Crippen LogP contribution in [-0.2, 0) is 24.4 Å². The van der Waals surface area contributed by atoms with Crippen LogP contribution in [0.1, 0.15) is 23.2 Å². The van der Waals surface area contributed by atoms with Gasteiger partial charge in [-0.15, -0.1) is 10.2 Å². The van der Waals surface area contributed by atoms with E-state index in [0.717, 1.165) is 16.9 Å². The number of methoxy groups -OCH3 is 1. The minimum atomic E-state index is -0.357. The van der Waals surface area contributed by atoms with Gasteiger partial charge in [0, 0.05) is 24.9 Å². The molecule has 8 heteroatoms. The number of aryl methyl sites for hydroxylation is 1. The Balaban J connectivity index is 1.30. The molecule has 178 valence electrons. The summed E-state index contributed by atoms with van der Waals surface area (Å²) in [6, 6.07) is 24.5. The Morgan fingerprint density at radius 1 is 0.914 bits per heavy atom. The van der Waals surface area contributed by atoms with Gasteiger partial charge in [-0.2, -0.15) is 0 Å². The highest BCUT2D eigenvalue weighted by Gasteiger charge is 2.10. The van der Waals surface area contributed by atoms with Gasteiger partial charge in [-0.05, 0) is 47.5 Å². The molecule has 4 rings (SSSR count). The maximum atomic E-state index is 12.5. The third-order valence-electron chi connectivity index (χ3n) is 5.35. The molecule has 0 bridgehead atoms. The fraction of sp³-hybridized carbons (Fsp3) is 0.185. The van der Waals surface area contributed by atoms with Gasteiger partial charge in [-0.3, -0.25) is 9.59 Å². The van der Waals surface area contributed by atoms with E-state index in [4.69, 9.17) is 9.47 Å². The van der Waals surface area contributed by atoms with E-state index in [0.29, 0.717) is 30.3 Å². The maximum absolute atomic E-state index is 12.5. The highest BCUT2D eigenvalue weighted by Crippen LogP contribution is 2.20. The second-order valence-electron chi connectivity index (χ2n) is 7.88. The molecular formula is C27H26N4O4. The predicted octanol–water partition coefficient (Wildman–Crippen LogP) is 3.67. The number of carbonyl (C=O) groups is 1. The number of benzene rings is 3. The Bertz CT molecular complexity index is 1320. The number of rotatable bonds is 10. The van der Waals surface area contributed by atoms with E-state index in [2.05, 4.69) is 20.5 Å². The molecule has 0 aliphatic rings. The van der Waals surface area contributed by atoms with Crippen LogP contribution in [-0.4, -0.2) is 28.2 Å². The molecule has 4 aromatic rings. The van der Waals surface area contributed by atoms with Crippen LogP contribution in [0.15, 0.2) is 83.7 Å². The molecule has 0 fully saturated rings. The fourth-order valence-electron chi connectivity index (χ4n) is 3.41. The van der Waals surface area contributed by atoms with Gasteiger partial charge in [0.2, 0.25) is 5.91 Å². The Hall–Kier alpha value is -4.46.